The topological polar surface area (TPSA) is 21.3 Å². The molecule has 1 fully saturated rings. The van der Waals surface area contributed by atoms with E-state index in [1.165, 1.54) is 0 Å². The van der Waals surface area contributed by atoms with Crippen molar-refractivity contribution in [3.05, 3.63) is 0 Å². The highest BCUT2D eigenvalue weighted by atomic mass is 16.5. The smallest absolute Gasteiger partial charge is 0.0508 e. The highest BCUT2D eigenvalue weighted by Crippen LogP contribution is 2.29. The van der Waals surface area contributed by atoms with Crippen LogP contribution in [0.15, 0.2) is 0 Å². The van der Waals surface area contributed by atoms with E-state index >= 15 is 0 Å². The van der Waals surface area contributed by atoms with E-state index in [1.807, 2.05) is 0 Å². The van der Waals surface area contributed by atoms with Gasteiger partial charge in [-0.25, -0.2) is 0 Å². The SMILES string of the molecule is COCC1CNCC1(C)C. The first-order valence-electron chi connectivity index (χ1n) is 3.86. The minimum Gasteiger partial charge on any atom is -0.384 e. The first kappa shape index (κ1) is 8.02. The Morgan fingerprint density at radius 2 is 2.30 bits per heavy atom. The average Bonchev–Trinajstić information content (AvgIpc) is 2.13. The van der Waals surface area contributed by atoms with E-state index < -0.39 is 0 Å². The largest absolute Gasteiger partial charge is 0.384 e. The molecule has 0 radical (unpaired) electrons. The Labute approximate surface area is 63.0 Å². The molecule has 1 N–H and O–H groups in total. The van der Waals surface area contributed by atoms with E-state index in [0.717, 1.165) is 19.7 Å². The fraction of sp³-hybridized carbons (Fsp3) is 1.00. The van der Waals surface area contributed by atoms with E-state index in [9.17, 15) is 0 Å². The predicted molar refractivity (Wildman–Crippen MR) is 42.0 cm³/mol. The molecule has 1 rings (SSSR count). The maximum atomic E-state index is 5.12. The van der Waals surface area contributed by atoms with Crippen molar-refractivity contribution >= 4 is 0 Å². The van der Waals surface area contributed by atoms with Gasteiger partial charge in [0.15, 0.2) is 0 Å². The molecule has 0 aromatic carbocycles. The normalized spacial score (nSPS) is 30.9. The van der Waals surface area contributed by atoms with Crippen molar-refractivity contribution in [3.63, 3.8) is 0 Å². The van der Waals surface area contributed by atoms with Crippen LogP contribution in [-0.4, -0.2) is 26.8 Å². The summed E-state index contributed by atoms with van der Waals surface area (Å²) in [7, 11) is 1.77. The number of hydrogen-bond donors (Lipinski definition) is 1. The van der Waals surface area contributed by atoms with Crippen molar-refractivity contribution in [1.29, 1.82) is 0 Å². The van der Waals surface area contributed by atoms with Gasteiger partial charge in [-0.1, -0.05) is 13.8 Å². The van der Waals surface area contributed by atoms with Crippen LogP contribution >= 0.6 is 0 Å². The van der Waals surface area contributed by atoms with Gasteiger partial charge in [0.05, 0.1) is 6.61 Å². The van der Waals surface area contributed by atoms with Crippen molar-refractivity contribution in [1.82, 2.24) is 5.32 Å². The zero-order valence-corrected chi connectivity index (χ0v) is 7.11. The molecule has 0 bridgehead atoms. The third-order valence-electron chi connectivity index (χ3n) is 2.44. The number of ether oxygens (including phenoxy) is 1. The first-order valence-corrected chi connectivity index (χ1v) is 3.86. The number of methoxy groups -OCH3 is 1. The predicted octanol–water partition coefficient (Wildman–Crippen LogP) is 0.878. The number of hydrogen-bond acceptors (Lipinski definition) is 2. The summed E-state index contributed by atoms with van der Waals surface area (Å²) in [6.07, 6.45) is 0. The Balaban J connectivity index is 2.43. The number of nitrogens with one attached hydrogen (secondary N) is 1. The molecule has 1 saturated heterocycles. The van der Waals surface area contributed by atoms with Gasteiger partial charge in [0.25, 0.3) is 0 Å². The maximum Gasteiger partial charge on any atom is 0.0508 e. The minimum atomic E-state index is 0.427. The summed E-state index contributed by atoms with van der Waals surface area (Å²) in [5.41, 5.74) is 0.427. The molecule has 2 heteroatoms. The molecule has 0 amide bonds. The van der Waals surface area contributed by atoms with Crippen LogP contribution in [0, 0.1) is 11.3 Å². The Bertz CT molecular complexity index is 112. The summed E-state index contributed by atoms with van der Waals surface area (Å²) >= 11 is 0. The Morgan fingerprint density at radius 1 is 1.60 bits per heavy atom. The third kappa shape index (κ3) is 1.50. The Morgan fingerprint density at radius 3 is 2.70 bits per heavy atom. The third-order valence-corrected chi connectivity index (χ3v) is 2.44. The molecule has 1 unspecified atom stereocenters. The van der Waals surface area contributed by atoms with Gasteiger partial charge in [-0.2, -0.15) is 0 Å². The van der Waals surface area contributed by atoms with Gasteiger partial charge in [-0.05, 0) is 5.41 Å². The molecular weight excluding hydrogens is 126 g/mol. The highest BCUT2D eigenvalue weighted by Gasteiger charge is 2.33. The van der Waals surface area contributed by atoms with Crippen LogP contribution in [0.3, 0.4) is 0 Å². The lowest BCUT2D eigenvalue weighted by molar-refractivity contribution is 0.112. The second kappa shape index (κ2) is 2.89. The molecule has 60 valence electrons. The van der Waals surface area contributed by atoms with Gasteiger partial charge >= 0.3 is 0 Å². The van der Waals surface area contributed by atoms with Crippen LogP contribution in [0.1, 0.15) is 13.8 Å². The van der Waals surface area contributed by atoms with Gasteiger partial charge in [-0.3, -0.25) is 0 Å². The fourth-order valence-electron chi connectivity index (χ4n) is 1.47. The van der Waals surface area contributed by atoms with Crippen molar-refractivity contribution in [2.45, 2.75) is 13.8 Å². The van der Waals surface area contributed by atoms with E-state index in [1.54, 1.807) is 7.11 Å². The molecule has 2 nitrogen and oxygen atoms in total. The van der Waals surface area contributed by atoms with E-state index in [-0.39, 0.29) is 0 Å². The fourth-order valence-corrected chi connectivity index (χ4v) is 1.47. The van der Waals surface area contributed by atoms with Crippen molar-refractivity contribution in [2.24, 2.45) is 11.3 Å². The second-order valence-electron chi connectivity index (χ2n) is 3.77. The standard InChI is InChI=1S/C8H17NO/c1-8(2)6-9-4-7(8)5-10-3/h7,9H,4-6H2,1-3H3. The minimum absolute atomic E-state index is 0.427. The first-order chi connectivity index (χ1) is 4.67. The molecule has 1 atom stereocenters. The average molecular weight is 143 g/mol. The zero-order chi connectivity index (χ0) is 7.61. The van der Waals surface area contributed by atoms with Gasteiger partial charge < -0.3 is 10.1 Å². The van der Waals surface area contributed by atoms with E-state index in [4.69, 9.17) is 4.74 Å². The number of rotatable bonds is 2. The molecule has 10 heavy (non-hydrogen) atoms. The summed E-state index contributed by atoms with van der Waals surface area (Å²) in [4.78, 5) is 0. The monoisotopic (exact) mass is 143 g/mol. The summed E-state index contributed by atoms with van der Waals surface area (Å²) in [5, 5.41) is 3.37. The molecule has 0 aromatic rings. The van der Waals surface area contributed by atoms with Gasteiger partial charge in [0, 0.05) is 26.1 Å². The van der Waals surface area contributed by atoms with Crippen LogP contribution in [-0.2, 0) is 4.74 Å². The Kier molecular flexibility index (Phi) is 2.32. The summed E-state index contributed by atoms with van der Waals surface area (Å²) < 4.78 is 5.12. The molecule has 1 heterocycles. The Hall–Kier alpha value is -0.0800. The summed E-state index contributed by atoms with van der Waals surface area (Å²) in [6, 6.07) is 0. The maximum absolute atomic E-state index is 5.12. The van der Waals surface area contributed by atoms with Crippen molar-refractivity contribution in [2.75, 3.05) is 26.8 Å². The zero-order valence-electron chi connectivity index (χ0n) is 7.11. The van der Waals surface area contributed by atoms with Crippen LogP contribution in [0.4, 0.5) is 0 Å². The van der Waals surface area contributed by atoms with Crippen LogP contribution < -0.4 is 5.32 Å². The van der Waals surface area contributed by atoms with Crippen LogP contribution in [0.25, 0.3) is 0 Å². The van der Waals surface area contributed by atoms with Gasteiger partial charge in [0.2, 0.25) is 0 Å². The summed E-state index contributed by atoms with van der Waals surface area (Å²) in [6.45, 7) is 7.70. The highest BCUT2D eigenvalue weighted by molar-refractivity contribution is 4.87. The molecule has 0 spiro atoms. The van der Waals surface area contributed by atoms with E-state index in [0.29, 0.717) is 11.3 Å². The van der Waals surface area contributed by atoms with Crippen molar-refractivity contribution < 1.29 is 4.74 Å². The van der Waals surface area contributed by atoms with Gasteiger partial charge in [-0.15, -0.1) is 0 Å². The lowest BCUT2D eigenvalue weighted by Crippen LogP contribution is -2.25. The molecule has 0 saturated carbocycles. The van der Waals surface area contributed by atoms with Crippen LogP contribution in [0.2, 0.25) is 0 Å². The molecule has 1 aliphatic rings. The summed E-state index contributed by atoms with van der Waals surface area (Å²) in [5.74, 6) is 0.692. The molecule has 0 aliphatic carbocycles. The van der Waals surface area contributed by atoms with E-state index in [2.05, 4.69) is 19.2 Å². The lowest BCUT2D eigenvalue weighted by Gasteiger charge is -2.24. The van der Waals surface area contributed by atoms with Crippen LogP contribution in [0.5, 0.6) is 0 Å². The lowest BCUT2D eigenvalue weighted by atomic mass is 9.83. The quantitative estimate of drug-likeness (QED) is 0.619. The van der Waals surface area contributed by atoms with Crippen molar-refractivity contribution in [3.8, 4) is 0 Å². The molecule has 0 aromatic heterocycles. The molecule has 1 aliphatic heterocycles. The molecular formula is C8H17NO. The van der Waals surface area contributed by atoms with Gasteiger partial charge in [0.1, 0.15) is 0 Å². The second-order valence-corrected chi connectivity index (χ2v) is 3.77.